The number of nitrogens with two attached hydrogens (primary N) is 1. The summed E-state index contributed by atoms with van der Waals surface area (Å²) in [6.07, 6.45) is 4.37. The van der Waals surface area contributed by atoms with E-state index in [0.717, 1.165) is 67.4 Å². The second kappa shape index (κ2) is 24.2. The molecular formula is C38H59FN2O. The van der Waals surface area contributed by atoms with Crippen LogP contribution in [-0.2, 0) is 6.42 Å². The Balaban J connectivity index is 0. The molecule has 0 saturated heterocycles. The lowest BCUT2D eigenvalue weighted by Crippen LogP contribution is -2.25. The maximum Gasteiger partial charge on any atom is 0.147 e. The molecule has 234 valence electrons. The molecule has 0 radical (unpaired) electrons. The Morgan fingerprint density at radius 3 is 1.71 bits per heavy atom. The molecule has 0 atom stereocenters. The van der Waals surface area contributed by atoms with E-state index in [1.165, 1.54) is 23.1 Å². The summed E-state index contributed by atoms with van der Waals surface area (Å²) in [6.45, 7) is 28.2. The number of rotatable bonds is 9. The second-order valence-corrected chi connectivity index (χ2v) is 9.78. The standard InChI is InChI=1S/C17H19N.C15H22FN.C3H8.C2H6.CH4O/c1-4-13-5-7-14(8-6-13)16-10-9-15(18)11-17(16)12(2)3;1-5-9-17(10-6-2)15-8-7-13(12(3)4)11-14(15)16;1-3-2;2*1-2/h5-11H,2,4,18H2,1,3H3;7-8,11H,3,5-6,9-10H2,1-2,4H3;3H2,1-2H3;1-2H3;2H,1H3. The number of benzene rings is 3. The van der Waals surface area contributed by atoms with Crippen molar-refractivity contribution in [2.75, 3.05) is 30.8 Å². The van der Waals surface area contributed by atoms with E-state index in [1.54, 1.807) is 6.07 Å². The van der Waals surface area contributed by atoms with Crippen molar-refractivity contribution in [1.29, 1.82) is 0 Å². The van der Waals surface area contributed by atoms with Gasteiger partial charge in [-0.05, 0) is 85.2 Å². The smallest absolute Gasteiger partial charge is 0.147 e. The van der Waals surface area contributed by atoms with Crippen LogP contribution >= 0.6 is 0 Å². The van der Waals surface area contributed by atoms with Crippen LogP contribution in [0.1, 0.15) is 98.3 Å². The molecule has 3 aromatic rings. The number of aliphatic hydroxyl groups excluding tert-OH is 1. The Morgan fingerprint density at radius 1 is 0.786 bits per heavy atom. The second-order valence-electron chi connectivity index (χ2n) is 9.78. The van der Waals surface area contributed by atoms with Gasteiger partial charge in [-0.15, -0.1) is 0 Å². The van der Waals surface area contributed by atoms with E-state index in [9.17, 15) is 4.39 Å². The molecule has 0 heterocycles. The Labute approximate surface area is 258 Å². The molecule has 0 bridgehead atoms. The minimum Gasteiger partial charge on any atom is -0.400 e. The zero-order valence-corrected chi connectivity index (χ0v) is 28.3. The number of aliphatic hydroxyl groups is 1. The third-order valence-corrected chi connectivity index (χ3v) is 5.94. The Kier molecular flexibility index (Phi) is 23.5. The molecule has 0 amide bonds. The number of nitrogen functional groups attached to an aromatic ring is 1. The molecule has 0 aromatic heterocycles. The summed E-state index contributed by atoms with van der Waals surface area (Å²) in [7, 11) is 1.00. The molecule has 0 aliphatic rings. The fourth-order valence-electron chi connectivity index (χ4n) is 4.01. The van der Waals surface area contributed by atoms with Crippen LogP contribution in [0.15, 0.2) is 73.8 Å². The highest BCUT2D eigenvalue weighted by atomic mass is 19.1. The highest BCUT2D eigenvalue weighted by molar-refractivity contribution is 5.81. The van der Waals surface area contributed by atoms with E-state index in [4.69, 9.17) is 10.8 Å². The molecule has 3 rings (SSSR count). The van der Waals surface area contributed by atoms with Gasteiger partial charge in [0.1, 0.15) is 5.82 Å². The van der Waals surface area contributed by atoms with Gasteiger partial charge in [0.25, 0.3) is 0 Å². The van der Waals surface area contributed by atoms with Crippen LogP contribution in [0.3, 0.4) is 0 Å². The average Bonchev–Trinajstić information content (AvgIpc) is 3.00. The number of allylic oxidation sites excluding steroid dienone is 2. The first-order chi connectivity index (χ1) is 20.1. The van der Waals surface area contributed by atoms with Crippen LogP contribution in [0.5, 0.6) is 0 Å². The van der Waals surface area contributed by atoms with Crippen LogP contribution < -0.4 is 10.6 Å². The predicted octanol–water partition coefficient (Wildman–Crippen LogP) is 11.1. The molecule has 0 aliphatic heterocycles. The lowest BCUT2D eigenvalue weighted by atomic mass is 9.94. The minimum absolute atomic E-state index is 0.146. The van der Waals surface area contributed by atoms with E-state index in [0.29, 0.717) is 5.69 Å². The molecular weight excluding hydrogens is 519 g/mol. The number of anilines is 2. The van der Waals surface area contributed by atoms with Crippen LogP contribution in [0.25, 0.3) is 22.3 Å². The first-order valence-corrected chi connectivity index (χ1v) is 15.4. The van der Waals surface area contributed by atoms with Gasteiger partial charge in [-0.25, -0.2) is 4.39 Å². The minimum atomic E-state index is -0.146. The van der Waals surface area contributed by atoms with Crippen molar-refractivity contribution < 1.29 is 9.50 Å². The third-order valence-electron chi connectivity index (χ3n) is 5.94. The number of nitrogens with zero attached hydrogens (tertiary/aromatic N) is 1. The van der Waals surface area contributed by atoms with Crippen molar-refractivity contribution in [1.82, 2.24) is 0 Å². The Morgan fingerprint density at radius 2 is 1.31 bits per heavy atom. The van der Waals surface area contributed by atoms with Crippen molar-refractivity contribution in [3.63, 3.8) is 0 Å². The van der Waals surface area contributed by atoms with Gasteiger partial charge in [0.2, 0.25) is 0 Å². The number of hydrogen-bond acceptors (Lipinski definition) is 3. The van der Waals surface area contributed by atoms with Crippen molar-refractivity contribution >= 4 is 22.5 Å². The van der Waals surface area contributed by atoms with Gasteiger partial charge < -0.3 is 15.7 Å². The van der Waals surface area contributed by atoms with E-state index in [1.807, 2.05) is 52.0 Å². The molecule has 42 heavy (non-hydrogen) atoms. The normalized spacial score (nSPS) is 9.33. The summed E-state index contributed by atoms with van der Waals surface area (Å²) in [4.78, 5) is 2.11. The van der Waals surface area contributed by atoms with E-state index >= 15 is 0 Å². The van der Waals surface area contributed by atoms with Gasteiger partial charge in [-0.2, -0.15) is 0 Å². The van der Waals surface area contributed by atoms with E-state index < -0.39 is 0 Å². The predicted molar refractivity (Wildman–Crippen MR) is 190 cm³/mol. The van der Waals surface area contributed by atoms with Crippen LogP contribution in [-0.4, -0.2) is 25.3 Å². The molecule has 3 nitrogen and oxygen atoms in total. The summed E-state index contributed by atoms with van der Waals surface area (Å²) < 4.78 is 14.0. The number of hydrogen-bond donors (Lipinski definition) is 2. The average molecular weight is 579 g/mol. The highest BCUT2D eigenvalue weighted by Crippen LogP contribution is 2.30. The molecule has 4 heteroatoms. The number of halogens is 1. The van der Waals surface area contributed by atoms with Gasteiger partial charge in [0.05, 0.1) is 5.69 Å². The summed E-state index contributed by atoms with van der Waals surface area (Å²) in [5, 5.41) is 7.00. The Hall–Kier alpha value is -3.37. The zero-order valence-electron chi connectivity index (χ0n) is 28.3. The van der Waals surface area contributed by atoms with Gasteiger partial charge >= 0.3 is 0 Å². The highest BCUT2D eigenvalue weighted by Gasteiger charge is 2.11. The van der Waals surface area contributed by atoms with Gasteiger partial charge in [-0.1, -0.05) is 116 Å². The van der Waals surface area contributed by atoms with Crippen LogP contribution in [0, 0.1) is 5.82 Å². The molecule has 0 fully saturated rings. The maximum absolute atomic E-state index is 14.0. The summed E-state index contributed by atoms with van der Waals surface area (Å²) >= 11 is 0. The monoisotopic (exact) mass is 578 g/mol. The SMILES string of the molecule is C=C(C)c1cc(N)ccc1-c1ccc(CC)cc1.C=C(C)c1ccc(N(CCC)CCC)c(F)c1.CC.CCC.CO. The van der Waals surface area contributed by atoms with E-state index in [-0.39, 0.29) is 5.82 Å². The van der Waals surface area contributed by atoms with Gasteiger partial charge in [0, 0.05) is 25.9 Å². The van der Waals surface area contributed by atoms with Crippen molar-refractivity contribution in [3.05, 3.63) is 96.3 Å². The fraction of sp³-hybridized carbons (Fsp3) is 0.421. The first kappa shape index (κ1) is 40.8. The lowest BCUT2D eigenvalue weighted by Gasteiger charge is -2.24. The summed E-state index contributed by atoms with van der Waals surface area (Å²) in [6, 6.07) is 20.1. The van der Waals surface area contributed by atoms with Gasteiger partial charge in [0.15, 0.2) is 0 Å². The largest absolute Gasteiger partial charge is 0.400 e. The molecule has 0 unspecified atom stereocenters. The fourth-order valence-corrected chi connectivity index (χ4v) is 4.01. The topological polar surface area (TPSA) is 49.5 Å². The van der Waals surface area contributed by atoms with Crippen molar-refractivity contribution in [2.24, 2.45) is 0 Å². The zero-order chi connectivity index (χ0) is 32.7. The molecule has 3 aromatic carbocycles. The Bertz CT molecular complexity index is 1150. The molecule has 3 N–H and O–H groups in total. The van der Waals surface area contributed by atoms with Crippen LogP contribution in [0.4, 0.5) is 15.8 Å². The summed E-state index contributed by atoms with van der Waals surface area (Å²) in [5.74, 6) is -0.146. The molecule has 0 aliphatic carbocycles. The molecule has 0 spiro atoms. The van der Waals surface area contributed by atoms with Crippen molar-refractivity contribution in [3.8, 4) is 11.1 Å². The van der Waals surface area contributed by atoms with Gasteiger partial charge in [-0.3, -0.25) is 0 Å². The third kappa shape index (κ3) is 14.5. The maximum atomic E-state index is 14.0. The summed E-state index contributed by atoms with van der Waals surface area (Å²) in [5.41, 5.74) is 15.0. The first-order valence-electron chi connectivity index (χ1n) is 15.4. The van der Waals surface area contributed by atoms with Crippen molar-refractivity contribution in [2.45, 2.75) is 88.0 Å². The quantitative estimate of drug-likeness (QED) is 0.248. The lowest BCUT2D eigenvalue weighted by molar-refractivity contribution is 0.399. The van der Waals surface area contributed by atoms with E-state index in [2.05, 4.69) is 83.0 Å². The van der Waals surface area contributed by atoms with Crippen LogP contribution in [0.2, 0.25) is 0 Å². The molecule has 0 saturated carbocycles. The number of aryl methyl sites for hydroxylation is 1.